The SMILES string of the molecule is CCCCCCc1ccc2sc3c(sc4c5cc(CCCCCC)ccc5sc43)c2c1. The molecule has 0 N–H and O–H groups in total. The van der Waals surface area contributed by atoms with Crippen molar-refractivity contribution in [3.05, 3.63) is 47.5 Å². The summed E-state index contributed by atoms with van der Waals surface area (Å²) in [5.74, 6) is 0. The molecule has 0 amide bonds. The van der Waals surface area contributed by atoms with Crippen molar-refractivity contribution in [1.82, 2.24) is 0 Å². The smallest absolute Gasteiger partial charge is 0.0642 e. The summed E-state index contributed by atoms with van der Waals surface area (Å²) in [6.45, 7) is 4.57. The van der Waals surface area contributed by atoms with Gasteiger partial charge in [0.1, 0.15) is 0 Å². The second-order valence-corrected chi connectivity index (χ2v) is 12.0. The third-order valence-electron chi connectivity index (χ3n) is 6.46. The van der Waals surface area contributed by atoms with Crippen LogP contribution in [0.15, 0.2) is 36.4 Å². The third kappa shape index (κ3) is 4.29. The van der Waals surface area contributed by atoms with Gasteiger partial charge in [-0.25, -0.2) is 0 Å². The highest BCUT2D eigenvalue weighted by molar-refractivity contribution is 7.43. The van der Waals surface area contributed by atoms with Crippen LogP contribution >= 0.6 is 34.0 Å². The van der Waals surface area contributed by atoms with Crippen molar-refractivity contribution in [1.29, 1.82) is 0 Å². The summed E-state index contributed by atoms with van der Waals surface area (Å²) >= 11 is 6.03. The fraction of sp³-hybridized carbons (Fsp3) is 0.429. The maximum atomic E-state index is 2.49. The second kappa shape index (κ2) is 9.60. The average molecular weight is 465 g/mol. The van der Waals surface area contributed by atoms with Gasteiger partial charge in [-0.15, -0.1) is 34.0 Å². The Labute approximate surface area is 197 Å². The minimum absolute atomic E-state index is 1.22. The Morgan fingerprint density at radius 1 is 0.516 bits per heavy atom. The Kier molecular flexibility index (Phi) is 6.64. The number of thiophene rings is 3. The molecule has 0 aliphatic heterocycles. The van der Waals surface area contributed by atoms with Gasteiger partial charge >= 0.3 is 0 Å². The first-order valence-electron chi connectivity index (χ1n) is 12.1. The average Bonchev–Trinajstić information content (AvgIpc) is 3.43. The Hall–Kier alpha value is -1.42. The molecule has 2 aromatic carbocycles. The molecular formula is C28H32S3. The van der Waals surface area contributed by atoms with Crippen molar-refractivity contribution >= 4 is 73.0 Å². The molecule has 0 saturated heterocycles. The molecule has 0 spiro atoms. The molecule has 0 nitrogen and oxygen atoms in total. The maximum absolute atomic E-state index is 2.49. The minimum Gasteiger partial charge on any atom is -0.133 e. The lowest BCUT2D eigenvalue weighted by atomic mass is 10.0. The lowest BCUT2D eigenvalue weighted by molar-refractivity contribution is 0.667. The predicted molar refractivity (Wildman–Crippen MR) is 146 cm³/mol. The number of hydrogen-bond acceptors (Lipinski definition) is 3. The monoisotopic (exact) mass is 464 g/mol. The summed E-state index contributed by atoms with van der Waals surface area (Å²) in [6.07, 6.45) is 13.1. The van der Waals surface area contributed by atoms with Gasteiger partial charge in [0, 0.05) is 20.2 Å². The summed E-state index contributed by atoms with van der Waals surface area (Å²) in [6, 6.07) is 14.4. The van der Waals surface area contributed by atoms with Gasteiger partial charge in [-0.1, -0.05) is 64.5 Å². The van der Waals surface area contributed by atoms with Crippen molar-refractivity contribution in [2.24, 2.45) is 0 Å². The van der Waals surface area contributed by atoms with Crippen molar-refractivity contribution in [2.45, 2.75) is 78.1 Å². The van der Waals surface area contributed by atoms with E-state index in [0.717, 1.165) is 0 Å². The first kappa shape index (κ1) is 21.4. The topological polar surface area (TPSA) is 0 Å². The summed E-state index contributed by atoms with van der Waals surface area (Å²) in [5, 5.41) is 2.98. The van der Waals surface area contributed by atoms with Crippen LogP contribution in [-0.4, -0.2) is 0 Å². The molecule has 0 fully saturated rings. The van der Waals surface area contributed by atoms with E-state index in [4.69, 9.17) is 0 Å². The second-order valence-electron chi connectivity index (χ2n) is 8.91. The molecule has 0 radical (unpaired) electrons. The maximum Gasteiger partial charge on any atom is 0.0642 e. The summed E-state index contributed by atoms with van der Waals surface area (Å²) in [5.41, 5.74) is 3.03. The number of rotatable bonds is 10. The lowest BCUT2D eigenvalue weighted by Gasteiger charge is -2.02. The molecule has 5 rings (SSSR count). The molecule has 0 aliphatic rings. The molecule has 162 valence electrons. The Balaban J connectivity index is 1.49. The van der Waals surface area contributed by atoms with Crippen LogP contribution < -0.4 is 0 Å². The normalized spacial score (nSPS) is 12.2. The van der Waals surface area contributed by atoms with Gasteiger partial charge < -0.3 is 0 Å². The largest absolute Gasteiger partial charge is 0.133 e. The van der Waals surface area contributed by atoms with Crippen molar-refractivity contribution in [2.75, 3.05) is 0 Å². The summed E-state index contributed by atoms with van der Waals surface area (Å²) in [4.78, 5) is 0. The van der Waals surface area contributed by atoms with Crippen molar-refractivity contribution in [3.63, 3.8) is 0 Å². The fourth-order valence-corrected chi connectivity index (χ4v) is 8.88. The number of benzene rings is 2. The van der Waals surface area contributed by atoms with E-state index >= 15 is 0 Å². The molecule has 0 unspecified atom stereocenters. The molecule has 0 bridgehead atoms. The first-order valence-corrected chi connectivity index (χ1v) is 14.5. The lowest BCUT2D eigenvalue weighted by Crippen LogP contribution is -1.85. The number of aryl methyl sites for hydroxylation is 2. The Bertz CT molecular complexity index is 1210. The van der Waals surface area contributed by atoms with Crippen LogP contribution in [0.5, 0.6) is 0 Å². The van der Waals surface area contributed by atoms with Crippen LogP contribution in [0.2, 0.25) is 0 Å². The highest BCUT2D eigenvalue weighted by Crippen LogP contribution is 2.50. The van der Waals surface area contributed by atoms with Gasteiger partial charge in [-0.2, -0.15) is 0 Å². The van der Waals surface area contributed by atoms with Crippen LogP contribution in [0.3, 0.4) is 0 Å². The zero-order chi connectivity index (χ0) is 21.2. The molecule has 3 heterocycles. The summed E-state index contributed by atoms with van der Waals surface area (Å²) < 4.78 is 8.98. The van der Waals surface area contributed by atoms with Gasteiger partial charge in [0.15, 0.2) is 0 Å². The van der Waals surface area contributed by atoms with Crippen LogP contribution in [0.1, 0.15) is 76.3 Å². The first-order chi connectivity index (χ1) is 15.3. The molecular weight excluding hydrogens is 433 g/mol. The molecule has 3 aromatic heterocycles. The minimum atomic E-state index is 1.22. The number of hydrogen-bond donors (Lipinski definition) is 0. The Morgan fingerprint density at radius 3 is 1.45 bits per heavy atom. The molecule has 0 saturated carbocycles. The third-order valence-corrected chi connectivity index (χ3v) is 10.5. The highest BCUT2D eigenvalue weighted by atomic mass is 32.1. The molecule has 5 aromatic rings. The van der Waals surface area contributed by atoms with E-state index in [2.05, 4.69) is 50.2 Å². The van der Waals surface area contributed by atoms with Crippen LogP contribution in [-0.2, 0) is 12.8 Å². The van der Waals surface area contributed by atoms with Crippen molar-refractivity contribution < 1.29 is 0 Å². The summed E-state index contributed by atoms with van der Waals surface area (Å²) in [7, 11) is 0. The van der Waals surface area contributed by atoms with E-state index in [-0.39, 0.29) is 0 Å². The molecule has 0 aliphatic carbocycles. The van der Waals surface area contributed by atoms with E-state index in [9.17, 15) is 0 Å². The highest BCUT2D eigenvalue weighted by Gasteiger charge is 2.17. The zero-order valence-corrected chi connectivity index (χ0v) is 21.2. The quantitative estimate of drug-likeness (QED) is 0.180. The van der Waals surface area contributed by atoms with Crippen molar-refractivity contribution in [3.8, 4) is 0 Å². The van der Waals surface area contributed by atoms with Crippen LogP contribution in [0.25, 0.3) is 39.0 Å². The number of fused-ring (bicyclic) bond motifs is 7. The standard InChI is InChI=1S/C28H32S3/c1-3-5-7-9-11-19-13-15-23-21(17-19)25-27(29-23)28-26(31-25)22-18-20(12-10-8-6-4-2)14-16-24(22)30-28/h13-18H,3-12H2,1-2H3. The van der Waals surface area contributed by atoms with E-state index in [0.29, 0.717) is 0 Å². The zero-order valence-electron chi connectivity index (χ0n) is 18.8. The predicted octanol–water partition coefficient (Wildman–Crippen LogP) is 10.7. The van der Waals surface area contributed by atoms with Crippen LogP contribution in [0, 0.1) is 0 Å². The van der Waals surface area contributed by atoms with Gasteiger partial charge in [0.05, 0.1) is 18.8 Å². The Morgan fingerprint density at radius 2 is 1.00 bits per heavy atom. The van der Waals surface area contributed by atoms with E-state index in [1.54, 1.807) is 0 Å². The molecule has 0 atom stereocenters. The fourth-order valence-electron chi connectivity index (χ4n) is 4.67. The number of unbranched alkanes of at least 4 members (excludes halogenated alkanes) is 6. The van der Waals surface area contributed by atoms with Gasteiger partial charge in [0.2, 0.25) is 0 Å². The molecule has 31 heavy (non-hydrogen) atoms. The van der Waals surface area contributed by atoms with E-state index in [1.807, 2.05) is 34.0 Å². The van der Waals surface area contributed by atoms with Crippen LogP contribution in [0.4, 0.5) is 0 Å². The van der Waals surface area contributed by atoms with Gasteiger partial charge in [0.25, 0.3) is 0 Å². The van der Waals surface area contributed by atoms with E-state index < -0.39 is 0 Å². The van der Waals surface area contributed by atoms with E-state index in [1.165, 1.54) is 114 Å². The van der Waals surface area contributed by atoms with Gasteiger partial charge in [-0.05, 0) is 61.1 Å². The molecule has 3 heteroatoms. The van der Waals surface area contributed by atoms with Gasteiger partial charge in [-0.3, -0.25) is 0 Å².